The molecule has 0 amide bonds. The molecule has 0 spiro atoms. The summed E-state index contributed by atoms with van der Waals surface area (Å²) in [5, 5.41) is 1.56. The lowest BCUT2D eigenvalue weighted by Gasteiger charge is -2.18. The number of hydrogen-bond acceptors (Lipinski definition) is 2. The van der Waals surface area contributed by atoms with Crippen LogP contribution in [0.1, 0.15) is 0 Å². The van der Waals surface area contributed by atoms with Gasteiger partial charge < -0.3 is 0 Å². The quantitative estimate of drug-likeness (QED) is 0.563. The zero-order valence-corrected chi connectivity index (χ0v) is 11.2. The summed E-state index contributed by atoms with van der Waals surface area (Å²) in [6.45, 7) is 0. The Morgan fingerprint density at radius 3 is 1.56 bits per heavy atom. The van der Waals surface area contributed by atoms with Crippen LogP contribution >= 0.6 is 44.8 Å². The number of halogens is 2. The Morgan fingerprint density at radius 2 is 1.12 bits per heavy atom. The van der Waals surface area contributed by atoms with Gasteiger partial charge in [-0.25, -0.2) is 0 Å². The van der Waals surface area contributed by atoms with Crippen molar-refractivity contribution in [1.82, 2.24) is 0 Å². The first-order chi connectivity index (χ1) is 7.74. The van der Waals surface area contributed by atoms with Crippen LogP contribution in [-0.4, -0.2) is 0 Å². The predicted octanol–water partition coefficient (Wildman–Crippen LogP) is 5.77. The molecule has 3 rings (SSSR count). The fraction of sp³-hybridized carbons (Fsp3) is 0. The van der Waals surface area contributed by atoms with Gasteiger partial charge in [-0.1, -0.05) is 56.9 Å². The summed E-state index contributed by atoms with van der Waals surface area (Å²) in [6, 6.07) is 12.0. The van der Waals surface area contributed by atoms with Crippen LogP contribution in [0.3, 0.4) is 0 Å². The van der Waals surface area contributed by atoms with Gasteiger partial charge >= 0.3 is 0 Å². The van der Waals surface area contributed by atoms with Crippen molar-refractivity contribution in [1.29, 1.82) is 0 Å². The molecule has 0 radical (unpaired) electrons. The first-order valence-electron chi connectivity index (χ1n) is 4.68. The Bertz CT molecular complexity index is 515. The standard InChI is InChI=1S/C12H6Cl2S2/c13-7-1-3-9-10-4-2-8(14)6-12(10)16-15-11(9)5-7/h1-6H. The summed E-state index contributed by atoms with van der Waals surface area (Å²) in [5.74, 6) is 0. The third-order valence-electron chi connectivity index (χ3n) is 2.40. The lowest BCUT2D eigenvalue weighted by atomic mass is 10.1. The largest absolute Gasteiger partial charge is 0.0843 e. The minimum absolute atomic E-state index is 0.782. The molecular weight excluding hydrogens is 279 g/mol. The van der Waals surface area contributed by atoms with E-state index in [-0.39, 0.29) is 0 Å². The molecule has 1 heterocycles. The molecule has 0 saturated carbocycles. The molecule has 0 fully saturated rings. The Morgan fingerprint density at radius 1 is 0.688 bits per heavy atom. The van der Waals surface area contributed by atoms with Crippen LogP contribution in [0, 0.1) is 0 Å². The summed E-state index contributed by atoms with van der Waals surface area (Å²) < 4.78 is 0. The highest BCUT2D eigenvalue weighted by atomic mass is 35.5. The van der Waals surface area contributed by atoms with Gasteiger partial charge in [0.1, 0.15) is 0 Å². The van der Waals surface area contributed by atoms with E-state index in [0.717, 1.165) is 10.0 Å². The maximum atomic E-state index is 5.99. The first-order valence-corrected chi connectivity index (χ1v) is 7.58. The molecule has 2 aromatic rings. The molecule has 0 unspecified atom stereocenters. The van der Waals surface area contributed by atoms with Crippen LogP contribution in [-0.2, 0) is 0 Å². The normalized spacial score (nSPS) is 13.1. The predicted molar refractivity (Wildman–Crippen MR) is 73.6 cm³/mol. The van der Waals surface area contributed by atoms with Crippen LogP contribution < -0.4 is 0 Å². The minimum Gasteiger partial charge on any atom is -0.0843 e. The van der Waals surface area contributed by atoms with Gasteiger partial charge in [0.25, 0.3) is 0 Å². The number of benzene rings is 2. The van der Waals surface area contributed by atoms with E-state index in [1.54, 1.807) is 21.6 Å². The van der Waals surface area contributed by atoms with Crippen LogP contribution in [0.15, 0.2) is 46.2 Å². The second-order valence-corrected chi connectivity index (χ2v) is 6.53. The molecule has 1 aliphatic rings. The van der Waals surface area contributed by atoms with Crippen molar-refractivity contribution < 1.29 is 0 Å². The Hall–Kier alpha value is -0.280. The van der Waals surface area contributed by atoms with Gasteiger partial charge in [-0.2, -0.15) is 0 Å². The smallest absolute Gasteiger partial charge is 0.0417 e. The fourth-order valence-corrected chi connectivity index (χ4v) is 4.57. The van der Waals surface area contributed by atoms with E-state index < -0.39 is 0 Å². The van der Waals surface area contributed by atoms with Crippen LogP contribution in [0.5, 0.6) is 0 Å². The van der Waals surface area contributed by atoms with Gasteiger partial charge in [0.05, 0.1) is 0 Å². The number of hydrogen-bond donors (Lipinski definition) is 0. The Labute approximate surface area is 112 Å². The molecule has 4 heteroatoms. The lowest BCUT2D eigenvalue weighted by Crippen LogP contribution is -1.89. The highest BCUT2D eigenvalue weighted by molar-refractivity contribution is 8.76. The molecule has 0 N–H and O–H groups in total. The second kappa shape index (κ2) is 4.19. The molecule has 0 aliphatic carbocycles. The number of rotatable bonds is 0. The molecule has 2 aromatic carbocycles. The molecule has 80 valence electrons. The van der Waals surface area contributed by atoms with E-state index in [2.05, 4.69) is 12.1 Å². The van der Waals surface area contributed by atoms with Crippen LogP contribution in [0.2, 0.25) is 10.0 Å². The zero-order chi connectivity index (χ0) is 11.1. The molecule has 0 nitrogen and oxygen atoms in total. The van der Waals surface area contributed by atoms with E-state index in [1.807, 2.05) is 24.3 Å². The Kier molecular flexibility index (Phi) is 2.84. The molecule has 16 heavy (non-hydrogen) atoms. The van der Waals surface area contributed by atoms with Gasteiger partial charge in [0.15, 0.2) is 0 Å². The Balaban J connectivity index is 2.23. The summed E-state index contributed by atoms with van der Waals surface area (Å²) in [7, 11) is 3.46. The SMILES string of the molecule is Clc1ccc2c(c1)SSc1cc(Cl)ccc1-2. The van der Waals surface area contributed by atoms with Crippen molar-refractivity contribution in [3.05, 3.63) is 46.4 Å². The zero-order valence-electron chi connectivity index (χ0n) is 8.04. The van der Waals surface area contributed by atoms with E-state index in [4.69, 9.17) is 23.2 Å². The molecule has 1 aliphatic heterocycles. The van der Waals surface area contributed by atoms with Crippen LogP contribution in [0.25, 0.3) is 11.1 Å². The van der Waals surface area contributed by atoms with E-state index in [0.29, 0.717) is 0 Å². The van der Waals surface area contributed by atoms with Gasteiger partial charge in [0, 0.05) is 19.8 Å². The van der Waals surface area contributed by atoms with E-state index in [1.165, 1.54) is 20.9 Å². The monoisotopic (exact) mass is 284 g/mol. The molecule has 0 saturated heterocycles. The number of fused-ring (bicyclic) bond motifs is 3. The summed E-state index contributed by atoms with van der Waals surface area (Å²) in [5.41, 5.74) is 2.47. The van der Waals surface area contributed by atoms with Crippen molar-refractivity contribution in [3.8, 4) is 11.1 Å². The van der Waals surface area contributed by atoms with Crippen molar-refractivity contribution >= 4 is 44.8 Å². The molecular formula is C12H6Cl2S2. The third kappa shape index (κ3) is 1.84. The maximum absolute atomic E-state index is 5.99. The van der Waals surface area contributed by atoms with E-state index >= 15 is 0 Å². The average molecular weight is 285 g/mol. The fourth-order valence-electron chi connectivity index (χ4n) is 1.67. The highest BCUT2D eigenvalue weighted by Gasteiger charge is 2.17. The lowest BCUT2D eigenvalue weighted by molar-refractivity contribution is 1.38. The first kappa shape index (κ1) is 10.8. The molecule has 0 atom stereocenters. The van der Waals surface area contributed by atoms with Crippen molar-refractivity contribution in [2.24, 2.45) is 0 Å². The highest BCUT2D eigenvalue weighted by Crippen LogP contribution is 2.51. The van der Waals surface area contributed by atoms with Crippen molar-refractivity contribution in [3.63, 3.8) is 0 Å². The summed E-state index contributed by atoms with van der Waals surface area (Å²) in [4.78, 5) is 2.43. The van der Waals surface area contributed by atoms with Crippen LogP contribution in [0.4, 0.5) is 0 Å². The summed E-state index contributed by atoms with van der Waals surface area (Å²) in [6.07, 6.45) is 0. The average Bonchev–Trinajstić information content (AvgIpc) is 2.28. The summed E-state index contributed by atoms with van der Waals surface area (Å²) >= 11 is 12.0. The van der Waals surface area contributed by atoms with Gasteiger partial charge in [0.2, 0.25) is 0 Å². The van der Waals surface area contributed by atoms with Crippen molar-refractivity contribution in [2.45, 2.75) is 9.79 Å². The van der Waals surface area contributed by atoms with Crippen molar-refractivity contribution in [2.75, 3.05) is 0 Å². The van der Waals surface area contributed by atoms with Gasteiger partial charge in [-0.05, 0) is 35.4 Å². The molecule has 0 bridgehead atoms. The van der Waals surface area contributed by atoms with E-state index in [9.17, 15) is 0 Å². The maximum Gasteiger partial charge on any atom is 0.0417 e. The van der Waals surface area contributed by atoms with Gasteiger partial charge in [-0.3, -0.25) is 0 Å². The third-order valence-corrected chi connectivity index (χ3v) is 5.31. The minimum atomic E-state index is 0.782. The topological polar surface area (TPSA) is 0 Å². The van der Waals surface area contributed by atoms with Gasteiger partial charge in [-0.15, -0.1) is 0 Å². The molecule has 0 aromatic heterocycles. The second-order valence-electron chi connectivity index (χ2n) is 3.45.